The molecule has 0 fully saturated rings. The second kappa shape index (κ2) is 6.08. The van der Waals surface area contributed by atoms with E-state index < -0.39 is 0 Å². The van der Waals surface area contributed by atoms with Gasteiger partial charge in [-0.3, -0.25) is 0 Å². The van der Waals surface area contributed by atoms with Gasteiger partial charge in [0, 0.05) is 17.8 Å². The molecule has 110 valence electrons. The minimum atomic E-state index is 0.315. The maximum Gasteiger partial charge on any atom is 0.231 e. The van der Waals surface area contributed by atoms with Gasteiger partial charge in [0.25, 0.3) is 0 Å². The fraction of sp³-hybridized carbons (Fsp3) is 0.333. The summed E-state index contributed by atoms with van der Waals surface area (Å²) in [6.45, 7) is 5.52. The third-order valence-corrected chi connectivity index (χ3v) is 4.05. The van der Waals surface area contributed by atoms with Crippen LogP contribution in [-0.2, 0) is 6.54 Å². The Kier molecular flexibility index (Phi) is 4.00. The van der Waals surface area contributed by atoms with Gasteiger partial charge in [-0.1, -0.05) is 38.1 Å². The number of para-hydroxylation sites is 1. The summed E-state index contributed by atoms with van der Waals surface area (Å²) >= 11 is 0. The molecule has 0 aliphatic carbocycles. The van der Waals surface area contributed by atoms with Crippen LogP contribution in [0.3, 0.4) is 0 Å². The van der Waals surface area contributed by atoms with Crippen molar-refractivity contribution in [1.29, 1.82) is 0 Å². The second-order valence-electron chi connectivity index (χ2n) is 5.44. The lowest BCUT2D eigenvalue weighted by Crippen LogP contribution is -2.01. The SMILES string of the molecule is CCC(C)c1ccc(NCc2cccc3c2OCO3)cc1. The molecule has 3 rings (SSSR count). The summed E-state index contributed by atoms with van der Waals surface area (Å²) in [6, 6.07) is 14.7. The van der Waals surface area contributed by atoms with Crippen LogP contribution in [-0.4, -0.2) is 6.79 Å². The van der Waals surface area contributed by atoms with Crippen LogP contribution in [0.1, 0.15) is 37.3 Å². The van der Waals surface area contributed by atoms with Gasteiger partial charge >= 0.3 is 0 Å². The van der Waals surface area contributed by atoms with Gasteiger partial charge in [0.1, 0.15) is 0 Å². The average molecular weight is 283 g/mol. The van der Waals surface area contributed by atoms with Crippen LogP contribution in [0, 0.1) is 0 Å². The Hall–Kier alpha value is -2.16. The summed E-state index contributed by atoms with van der Waals surface area (Å²) in [5.74, 6) is 2.31. The fourth-order valence-electron chi connectivity index (χ4n) is 2.49. The molecule has 1 unspecified atom stereocenters. The monoisotopic (exact) mass is 283 g/mol. The Morgan fingerprint density at radius 1 is 1.10 bits per heavy atom. The van der Waals surface area contributed by atoms with E-state index in [-0.39, 0.29) is 0 Å². The van der Waals surface area contributed by atoms with Crippen LogP contribution < -0.4 is 14.8 Å². The normalized spacial score (nSPS) is 14.0. The van der Waals surface area contributed by atoms with Crippen molar-refractivity contribution in [3.63, 3.8) is 0 Å². The Morgan fingerprint density at radius 2 is 1.90 bits per heavy atom. The first-order valence-electron chi connectivity index (χ1n) is 7.49. The number of rotatable bonds is 5. The Labute approximate surface area is 125 Å². The highest BCUT2D eigenvalue weighted by Crippen LogP contribution is 2.35. The number of ether oxygens (including phenoxy) is 2. The lowest BCUT2D eigenvalue weighted by atomic mass is 9.98. The molecule has 0 saturated carbocycles. The lowest BCUT2D eigenvalue weighted by molar-refractivity contribution is 0.173. The number of hydrogen-bond acceptors (Lipinski definition) is 3. The van der Waals surface area contributed by atoms with Gasteiger partial charge in [-0.2, -0.15) is 0 Å². The Morgan fingerprint density at radius 3 is 2.67 bits per heavy atom. The van der Waals surface area contributed by atoms with Gasteiger partial charge in [0.2, 0.25) is 6.79 Å². The van der Waals surface area contributed by atoms with E-state index in [1.807, 2.05) is 12.1 Å². The van der Waals surface area contributed by atoms with Crippen LogP contribution in [0.25, 0.3) is 0 Å². The summed E-state index contributed by atoms with van der Waals surface area (Å²) in [6.07, 6.45) is 1.17. The maximum absolute atomic E-state index is 5.52. The molecule has 3 nitrogen and oxygen atoms in total. The quantitative estimate of drug-likeness (QED) is 0.873. The van der Waals surface area contributed by atoms with E-state index in [0.29, 0.717) is 12.7 Å². The first kappa shape index (κ1) is 13.8. The summed E-state index contributed by atoms with van der Waals surface area (Å²) in [7, 11) is 0. The van der Waals surface area contributed by atoms with Crippen molar-refractivity contribution in [1.82, 2.24) is 0 Å². The summed E-state index contributed by atoms with van der Waals surface area (Å²) in [4.78, 5) is 0. The van der Waals surface area contributed by atoms with Crippen LogP contribution in [0.5, 0.6) is 11.5 Å². The molecule has 0 aromatic heterocycles. The molecule has 0 radical (unpaired) electrons. The van der Waals surface area contributed by atoms with Crippen molar-refractivity contribution in [2.24, 2.45) is 0 Å². The van der Waals surface area contributed by atoms with Crippen LogP contribution in [0.4, 0.5) is 5.69 Å². The van der Waals surface area contributed by atoms with E-state index in [1.165, 1.54) is 12.0 Å². The van der Waals surface area contributed by atoms with Crippen molar-refractivity contribution in [3.05, 3.63) is 53.6 Å². The van der Waals surface area contributed by atoms with Crippen molar-refractivity contribution in [2.75, 3.05) is 12.1 Å². The molecule has 21 heavy (non-hydrogen) atoms. The highest BCUT2D eigenvalue weighted by atomic mass is 16.7. The largest absolute Gasteiger partial charge is 0.454 e. The zero-order valence-electron chi connectivity index (χ0n) is 12.6. The Balaban J connectivity index is 1.67. The standard InChI is InChI=1S/C18H21NO2/c1-3-13(2)14-7-9-16(10-8-14)19-11-15-5-4-6-17-18(15)21-12-20-17/h4-10,13,19H,3,11-12H2,1-2H3. The molecule has 1 heterocycles. The smallest absolute Gasteiger partial charge is 0.231 e. The van der Waals surface area contributed by atoms with Crippen LogP contribution in [0.15, 0.2) is 42.5 Å². The molecule has 0 amide bonds. The molecule has 1 aliphatic heterocycles. The maximum atomic E-state index is 5.52. The third kappa shape index (κ3) is 2.97. The molecule has 2 aromatic rings. The van der Waals surface area contributed by atoms with Crippen molar-refractivity contribution >= 4 is 5.69 Å². The molecule has 1 atom stereocenters. The summed E-state index contributed by atoms with van der Waals surface area (Å²) < 4.78 is 10.9. The van der Waals surface area contributed by atoms with Gasteiger partial charge in [-0.05, 0) is 36.1 Å². The van der Waals surface area contributed by atoms with E-state index in [9.17, 15) is 0 Å². The second-order valence-corrected chi connectivity index (χ2v) is 5.44. The van der Waals surface area contributed by atoms with E-state index in [1.54, 1.807) is 0 Å². The van der Waals surface area contributed by atoms with Gasteiger partial charge in [0.05, 0.1) is 0 Å². The molecular weight excluding hydrogens is 262 g/mol. The average Bonchev–Trinajstić information content (AvgIpc) is 3.02. The molecule has 1 aliphatic rings. The van der Waals surface area contributed by atoms with Gasteiger partial charge in [-0.25, -0.2) is 0 Å². The Bertz CT molecular complexity index is 607. The van der Waals surface area contributed by atoms with Crippen molar-refractivity contribution in [2.45, 2.75) is 32.7 Å². The topological polar surface area (TPSA) is 30.5 Å². The van der Waals surface area contributed by atoms with Crippen molar-refractivity contribution < 1.29 is 9.47 Å². The number of anilines is 1. The van der Waals surface area contributed by atoms with Crippen LogP contribution in [0.2, 0.25) is 0 Å². The van der Waals surface area contributed by atoms with E-state index in [4.69, 9.17) is 9.47 Å². The summed E-state index contributed by atoms with van der Waals surface area (Å²) in [5.41, 5.74) is 3.63. The fourth-order valence-corrected chi connectivity index (χ4v) is 2.49. The highest BCUT2D eigenvalue weighted by molar-refractivity contribution is 5.51. The van der Waals surface area contributed by atoms with Gasteiger partial charge < -0.3 is 14.8 Å². The number of fused-ring (bicyclic) bond motifs is 1. The van der Waals surface area contributed by atoms with Gasteiger partial charge in [-0.15, -0.1) is 0 Å². The molecular formula is C18H21NO2. The minimum absolute atomic E-state index is 0.315. The van der Waals surface area contributed by atoms with Crippen LogP contribution >= 0.6 is 0 Å². The van der Waals surface area contributed by atoms with E-state index in [2.05, 4.69) is 49.5 Å². The predicted octanol–water partition coefficient (Wildman–Crippen LogP) is 4.54. The lowest BCUT2D eigenvalue weighted by Gasteiger charge is -2.12. The summed E-state index contributed by atoms with van der Waals surface area (Å²) in [5, 5.41) is 3.44. The zero-order chi connectivity index (χ0) is 14.7. The number of benzene rings is 2. The first-order chi connectivity index (χ1) is 10.3. The molecule has 2 aromatic carbocycles. The highest BCUT2D eigenvalue weighted by Gasteiger charge is 2.16. The molecule has 0 saturated heterocycles. The minimum Gasteiger partial charge on any atom is -0.454 e. The molecule has 3 heteroatoms. The zero-order valence-corrected chi connectivity index (χ0v) is 12.6. The third-order valence-electron chi connectivity index (χ3n) is 4.05. The molecule has 0 spiro atoms. The van der Waals surface area contributed by atoms with Gasteiger partial charge in [0.15, 0.2) is 11.5 Å². The first-order valence-corrected chi connectivity index (χ1v) is 7.49. The van der Waals surface area contributed by atoms with Crippen molar-refractivity contribution in [3.8, 4) is 11.5 Å². The van der Waals surface area contributed by atoms with E-state index in [0.717, 1.165) is 29.3 Å². The number of nitrogens with one attached hydrogen (secondary N) is 1. The molecule has 0 bridgehead atoms. The predicted molar refractivity (Wildman–Crippen MR) is 85.0 cm³/mol. The number of hydrogen-bond donors (Lipinski definition) is 1. The van der Waals surface area contributed by atoms with E-state index >= 15 is 0 Å². The molecule has 1 N–H and O–H groups in total.